The molecule has 31 heavy (non-hydrogen) atoms. The van der Waals surface area contributed by atoms with E-state index in [1.54, 1.807) is 31.7 Å². The van der Waals surface area contributed by atoms with Crippen LogP contribution in [0, 0.1) is 0 Å². The van der Waals surface area contributed by atoms with Crippen LogP contribution in [0.3, 0.4) is 0 Å². The molecule has 1 aromatic carbocycles. The highest BCUT2D eigenvalue weighted by atomic mass is 35.5. The zero-order valence-corrected chi connectivity index (χ0v) is 19.4. The third kappa shape index (κ3) is 5.99. The van der Waals surface area contributed by atoms with Gasteiger partial charge in [-0.1, -0.05) is 18.0 Å². The lowest BCUT2D eigenvalue weighted by Gasteiger charge is -2.39. The van der Waals surface area contributed by atoms with E-state index >= 15 is 0 Å². The van der Waals surface area contributed by atoms with E-state index < -0.39 is 22.2 Å². The number of halogens is 1. The van der Waals surface area contributed by atoms with Crippen LogP contribution >= 0.6 is 11.6 Å². The second kappa shape index (κ2) is 10.5. The van der Waals surface area contributed by atoms with Crippen molar-refractivity contribution in [3.05, 3.63) is 48.0 Å². The molecule has 1 saturated heterocycles. The molecule has 0 saturated carbocycles. The predicted octanol–water partition coefficient (Wildman–Crippen LogP) is 3.63. The first-order chi connectivity index (χ1) is 14.8. The number of ether oxygens (including phenoxy) is 1. The average Bonchev–Trinajstić information content (AvgIpc) is 3.25. The second-order valence-electron chi connectivity index (χ2n) is 7.88. The molecular weight excluding hydrogens is 440 g/mol. The van der Waals surface area contributed by atoms with Crippen LogP contribution in [0.1, 0.15) is 32.6 Å². The van der Waals surface area contributed by atoms with Gasteiger partial charge in [-0.15, -0.1) is 0 Å². The molecule has 2 heterocycles. The number of aryl methyl sites for hydroxylation is 1. The molecule has 1 aliphatic rings. The van der Waals surface area contributed by atoms with Gasteiger partial charge in [0.15, 0.2) is 0 Å². The van der Waals surface area contributed by atoms with Crippen molar-refractivity contribution < 1.29 is 17.9 Å². The molecule has 0 unspecified atom stereocenters. The van der Waals surface area contributed by atoms with Crippen LogP contribution in [0.4, 0.5) is 4.79 Å². The van der Waals surface area contributed by atoms with Gasteiger partial charge in [-0.2, -0.15) is 4.31 Å². The van der Waals surface area contributed by atoms with Crippen molar-refractivity contribution in [2.45, 2.75) is 56.1 Å². The van der Waals surface area contributed by atoms with Gasteiger partial charge in [0, 0.05) is 43.6 Å². The van der Waals surface area contributed by atoms with Crippen molar-refractivity contribution >= 4 is 27.7 Å². The Kier molecular flexibility index (Phi) is 7.96. The molecule has 2 aromatic rings. The molecule has 170 valence electrons. The number of benzene rings is 1. The number of hydrogen-bond acceptors (Lipinski definition) is 5. The maximum atomic E-state index is 13.3. The molecule has 0 bridgehead atoms. The Hall–Kier alpha value is -2.10. The Morgan fingerprint density at radius 2 is 2.03 bits per heavy atom. The summed E-state index contributed by atoms with van der Waals surface area (Å²) in [4.78, 5) is 18.1. The maximum absolute atomic E-state index is 13.3. The fraction of sp³-hybridized carbons (Fsp3) is 0.524. The highest BCUT2D eigenvalue weighted by Crippen LogP contribution is 2.30. The third-order valence-electron chi connectivity index (χ3n) is 5.52. The highest BCUT2D eigenvalue weighted by Gasteiger charge is 2.38. The summed E-state index contributed by atoms with van der Waals surface area (Å²) in [5.41, 5.74) is 0. The number of nitrogens with zero attached hydrogens (tertiary/aromatic N) is 4. The molecule has 0 aliphatic carbocycles. The van der Waals surface area contributed by atoms with E-state index in [0.717, 1.165) is 25.8 Å². The van der Waals surface area contributed by atoms with E-state index in [4.69, 9.17) is 16.3 Å². The molecular formula is C21H29ClN4O4S. The summed E-state index contributed by atoms with van der Waals surface area (Å²) >= 11 is 5.91. The van der Waals surface area contributed by atoms with E-state index in [9.17, 15) is 13.2 Å². The van der Waals surface area contributed by atoms with Crippen molar-refractivity contribution in [2.75, 3.05) is 20.2 Å². The van der Waals surface area contributed by atoms with Gasteiger partial charge in [-0.05, 0) is 50.5 Å². The van der Waals surface area contributed by atoms with Gasteiger partial charge in [0.2, 0.25) is 10.0 Å². The number of hydrogen-bond donors (Lipinski definition) is 0. The van der Waals surface area contributed by atoms with Gasteiger partial charge < -0.3 is 14.2 Å². The van der Waals surface area contributed by atoms with Crippen molar-refractivity contribution in [1.82, 2.24) is 18.8 Å². The minimum absolute atomic E-state index is 0.0296. The number of carbonyl (C=O) groups is 1. The Morgan fingerprint density at radius 1 is 1.29 bits per heavy atom. The first-order valence-corrected chi connectivity index (χ1v) is 12.2. The normalized spacial score (nSPS) is 19.8. The minimum atomic E-state index is -3.72. The van der Waals surface area contributed by atoms with Crippen LogP contribution in [-0.4, -0.2) is 65.6 Å². The number of aromatic nitrogens is 2. The number of imidazole rings is 1. The van der Waals surface area contributed by atoms with Crippen LogP contribution < -0.4 is 0 Å². The summed E-state index contributed by atoms with van der Waals surface area (Å²) in [7, 11) is -2.04. The highest BCUT2D eigenvalue weighted by molar-refractivity contribution is 7.89. The lowest BCUT2D eigenvalue weighted by molar-refractivity contribution is 0.0691. The molecule has 8 nitrogen and oxygen atoms in total. The van der Waals surface area contributed by atoms with E-state index in [2.05, 4.69) is 4.98 Å². The average molecular weight is 469 g/mol. The standard InChI is InChI=1S/C21H29ClN4O4S/c1-17-5-3-6-19(26(17)31(28,29)20-9-7-18(22)8-10-20)15-30-21(27)24(2)12-4-13-25-14-11-23-16-25/h7-11,14,16-17,19H,3-6,12-13,15H2,1-2H3/t17-,19-/m1/s1. The number of carbonyl (C=O) groups excluding carboxylic acids is 1. The van der Waals surface area contributed by atoms with E-state index in [1.165, 1.54) is 21.3 Å². The van der Waals surface area contributed by atoms with Gasteiger partial charge in [-0.25, -0.2) is 18.2 Å². The smallest absolute Gasteiger partial charge is 0.409 e. The molecule has 0 spiro atoms. The zero-order chi connectivity index (χ0) is 22.4. The van der Waals surface area contributed by atoms with E-state index in [1.807, 2.05) is 17.7 Å². The van der Waals surface area contributed by atoms with Crippen molar-refractivity contribution in [2.24, 2.45) is 0 Å². The summed E-state index contributed by atoms with van der Waals surface area (Å²) in [5, 5.41) is 0.479. The van der Waals surface area contributed by atoms with E-state index in [0.29, 0.717) is 18.0 Å². The summed E-state index contributed by atoms with van der Waals surface area (Å²) in [6.45, 7) is 3.21. The van der Waals surface area contributed by atoms with Crippen molar-refractivity contribution in [3.8, 4) is 0 Å². The molecule has 1 aliphatic heterocycles. The Balaban J connectivity index is 1.59. The molecule has 3 rings (SSSR count). The lowest BCUT2D eigenvalue weighted by Crippen LogP contribution is -2.51. The van der Waals surface area contributed by atoms with Crippen LogP contribution in [0.2, 0.25) is 5.02 Å². The van der Waals surface area contributed by atoms with Crippen LogP contribution in [0.25, 0.3) is 0 Å². The second-order valence-corrected chi connectivity index (χ2v) is 10.2. The fourth-order valence-electron chi connectivity index (χ4n) is 3.86. The molecule has 10 heteroatoms. The van der Waals surface area contributed by atoms with Crippen molar-refractivity contribution in [3.63, 3.8) is 0 Å². The first kappa shape index (κ1) is 23.6. The summed E-state index contributed by atoms with van der Waals surface area (Å²) in [5.74, 6) is 0. The molecule has 0 radical (unpaired) electrons. The largest absolute Gasteiger partial charge is 0.448 e. The summed E-state index contributed by atoms with van der Waals surface area (Å²) in [6, 6.07) is 5.58. The monoisotopic (exact) mass is 468 g/mol. The van der Waals surface area contributed by atoms with Gasteiger partial charge in [0.1, 0.15) is 6.61 Å². The van der Waals surface area contributed by atoms with E-state index in [-0.39, 0.29) is 17.5 Å². The zero-order valence-electron chi connectivity index (χ0n) is 17.9. The van der Waals surface area contributed by atoms with Gasteiger partial charge >= 0.3 is 6.09 Å². The number of sulfonamides is 1. The topological polar surface area (TPSA) is 84.7 Å². The minimum Gasteiger partial charge on any atom is -0.448 e. The number of rotatable bonds is 8. The lowest BCUT2D eigenvalue weighted by atomic mass is 10.0. The molecule has 1 fully saturated rings. The van der Waals surface area contributed by atoms with Crippen LogP contribution in [-0.2, 0) is 21.3 Å². The Morgan fingerprint density at radius 3 is 2.71 bits per heavy atom. The van der Waals surface area contributed by atoms with Crippen molar-refractivity contribution in [1.29, 1.82) is 0 Å². The van der Waals surface area contributed by atoms with Crippen LogP contribution in [0.15, 0.2) is 47.9 Å². The predicted molar refractivity (Wildman–Crippen MR) is 118 cm³/mol. The Bertz CT molecular complexity index is 950. The summed E-state index contributed by atoms with van der Waals surface area (Å²) < 4.78 is 35.5. The van der Waals surface area contributed by atoms with Crippen LogP contribution in [0.5, 0.6) is 0 Å². The quantitative estimate of drug-likeness (QED) is 0.590. The fourth-order valence-corrected chi connectivity index (χ4v) is 5.85. The van der Waals surface area contributed by atoms with Gasteiger partial charge in [0.25, 0.3) is 0 Å². The molecule has 2 atom stereocenters. The van der Waals surface area contributed by atoms with Gasteiger partial charge in [0.05, 0.1) is 17.3 Å². The first-order valence-electron chi connectivity index (χ1n) is 10.4. The SMILES string of the molecule is C[C@@H]1CCC[C@H](COC(=O)N(C)CCCn2ccnc2)N1S(=O)(=O)c1ccc(Cl)cc1. The molecule has 1 amide bonds. The summed E-state index contributed by atoms with van der Waals surface area (Å²) in [6.07, 6.45) is 7.94. The maximum Gasteiger partial charge on any atom is 0.409 e. The third-order valence-corrected chi connectivity index (χ3v) is 7.86. The number of amides is 1. The Labute approximate surface area is 188 Å². The van der Waals surface area contributed by atoms with Gasteiger partial charge in [-0.3, -0.25) is 0 Å². The molecule has 1 aromatic heterocycles. The number of piperidine rings is 1. The molecule has 0 N–H and O–H groups in total.